The molecule has 0 fully saturated rings. The molecule has 3 aromatic rings. The standard InChI is InChI=1S/C21H19N3O3/c1-15-18(12-13-27-15)21(26)22-14-19(25)23-24-20(16-8-4-2-5-9-16)17-10-6-3-7-11-17/h2-13H,14H2,1H3,(H,22,26)(H,23,25). The first-order chi connectivity index (χ1) is 13.1. The Morgan fingerprint density at radius 3 is 2.04 bits per heavy atom. The van der Waals surface area contributed by atoms with Crippen LogP contribution in [-0.4, -0.2) is 24.1 Å². The Bertz CT molecular complexity index is 906. The first-order valence-electron chi connectivity index (χ1n) is 8.45. The lowest BCUT2D eigenvalue weighted by atomic mass is 10.0. The zero-order valence-corrected chi connectivity index (χ0v) is 14.8. The number of carbonyl (C=O) groups excluding carboxylic acids is 2. The molecule has 136 valence electrons. The number of hydrazone groups is 1. The Kier molecular flexibility index (Phi) is 5.79. The van der Waals surface area contributed by atoms with Crippen LogP contribution in [0.1, 0.15) is 27.2 Å². The Hall–Kier alpha value is -3.67. The van der Waals surface area contributed by atoms with E-state index >= 15 is 0 Å². The highest BCUT2D eigenvalue weighted by atomic mass is 16.3. The molecule has 2 amide bonds. The maximum atomic E-state index is 12.1. The van der Waals surface area contributed by atoms with E-state index in [0.29, 0.717) is 17.0 Å². The number of amides is 2. The van der Waals surface area contributed by atoms with E-state index in [1.54, 1.807) is 13.0 Å². The van der Waals surface area contributed by atoms with Crippen LogP contribution in [0, 0.1) is 6.92 Å². The molecule has 1 aromatic heterocycles. The molecule has 0 spiro atoms. The molecule has 3 rings (SSSR count). The molecule has 0 bridgehead atoms. The molecule has 2 N–H and O–H groups in total. The summed E-state index contributed by atoms with van der Waals surface area (Å²) in [5.74, 6) is -0.290. The monoisotopic (exact) mass is 361 g/mol. The summed E-state index contributed by atoms with van der Waals surface area (Å²) in [5.41, 5.74) is 5.30. The largest absolute Gasteiger partial charge is 0.469 e. The van der Waals surface area contributed by atoms with Crippen molar-refractivity contribution < 1.29 is 14.0 Å². The van der Waals surface area contributed by atoms with Crippen molar-refractivity contribution in [3.05, 3.63) is 95.4 Å². The van der Waals surface area contributed by atoms with E-state index < -0.39 is 5.91 Å². The van der Waals surface area contributed by atoms with Crippen LogP contribution in [0.15, 0.2) is 82.5 Å². The molecule has 0 saturated carbocycles. The first-order valence-corrected chi connectivity index (χ1v) is 8.45. The predicted molar refractivity (Wildman–Crippen MR) is 102 cm³/mol. The average Bonchev–Trinajstić information content (AvgIpc) is 3.14. The maximum absolute atomic E-state index is 12.1. The van der Waals surface area contributed by atoms with Crippen molar-refractivity contribution in [2.45, 2.75) is 6.92 Å². The van der Waals surface area contributed by atoms with Gasteiger partial charge in [0.2, 0.25) is 0 Å². The van der Waals surface area contributed by atoms with E-state index in [-0.39, 0.29) is 12.5 Å². The number of hydrogen-bond acceptors (Lipinski definition) is 4. The van der Waals surface area contributed by atoms with Gasteiger partial charge in [-0.15, -0.1) is 0 Å². The van der Waals surface area contributed by atoms with Crippen molar-refractivity contribution in [1.82, 2.24) is 10.7 Å². The summed E-state index contributed by atoms with van der Waals surface area (Å²) in [7, 11) is 0. The Labute approximate surface area is 156 Å². The minimum Gasteiger partial charge on any atom is -0.469 e. The number of carbonyl (C=O) groups is 2. The van der Waals surface area contributed by atoms with Gasteiger partial charge in [-0.25, -0.2) is 5.43 Å². The fraction of sp³-hybridized carbons (Fsp3) is 0.0952. The SMILES string of the molecule is Cc1occc1C(=O)NCC(=O)NN=C(c1ccccc1)c1ccccc1. The van der Waals surface area contributed by atoms with Crippen molar-refractivity contribution >= 4 is 17.5 Å². The third-order valence-corrected chi connectivity index (χ3v) is 3.90. The highest BCUT2D eigenvalue weighted by Crippen LogP contribution is 2.10. The molecule has 1 heterocycles. The van der Waals surface area contributed by atoms with E-state index in [2.05, 4.69) is 15.8 Å². The van der Waals surface area contributed by atoms with Gasteiger partial charge in [0.05, 0.1) is 24.1 Å². The summed E-state index contributed by atoms with van der Waals surface area (Å²) in [4.78, 5) is 24.1. The number of benzene rings is 2. The van der Waals surface area contributed by atoms with Gasteiger partial charge in [-0.1, -0.05) is 60.7 Å². The minimum atomic E-state index is -0.422. The van der Waals surface area contributed by atoms with Gasteiger partial charge in [-0.2, -0.15) is 5.10 Å². The summed E-state index contributed by atoms with van der Waals surface area (Å²) in [5, 5.41) is 6.82. The number of furan rings is 1. The molecule has 0 aliphatic rings. The van der Waals surface area contributed by atoms with Gasteiger partial charge in [0.25, 0.3) is 11.8 Å². The van der Waals surface area contributed by atoms with Crippen LogP contribution in [0.5, 0.6) is 0 Å². The smallest absolute Gasteiger partial charge is 0.259 e. The quantitative estimate of drug-likeness (QED) is 0.523. The highest BCUT2D eigenvalue weighted by molar-refractivity contribution is 6.13. The lowest BCUT2D eigenvalue weighted by molar-refractivity contribution is -0.120. The second kappa shape index (κ2) is 8.62. The van der Waals surface area contributed by atoms with Gasteiger partial charge < -0.3 is 9.73 Å². The Morgan fingerprint density at radius 2 is 1.52 bits per heavy atom. The molecule has 0 radical (unpaired) electrons. The molecule has 2 aromatic carbocycles. The van der Waals surface area contributed by atoms with Crippen molar-refractivity contribution in [2.75, 3.05) is 6.54 Å². The highest BCUT2D eigenvalue weighted by Gasteiger charge is 2.13. The van der Waals surface area contributed by atoms with E-state index in [1.807, 2.05) is 60.7 Å². The normalized spacial score (nSPS) is 10.1. The second-order valence-electron chi connectivity index (χ2n) is 5.80. The van der Waals surface area contributed by atoms with Crippen LogP contribution in [0.2, 0.25) is 0 Å². The number of nitrogens with one attached hydrogen (secondary N) is 2. The molecule has 0 aliphatic carbocycles. The zero-order chi connectivity index (χ0) is 19.1. The van der Waals surface area contributed by atoms with Crippen LogP contribution in [-0.2, 0) is 4.79 Å². The number of aryl methyl sites for hydroxylation is 1. The van der Waals surface area contributed by atoms with Crippen molar-refractivity contribution in [1.29, 1.82) is 0 Å². The molecule has 0 unspecified atom stereocenters. The van der Waals surface area contributed by atoms with Crippen molar-refractivity contribution in [2.24, 2.45) is 5.10 Å². The van der Waals surface area contributed by atoms with Crippen molar-refractivity contribution in [3.8, 4) is 0 Å². The van der Waals surface area contributed by atoms with Gasteiger partial charge in [-0.3, -0.25) is 9.59 Å². The van der Waals surface area contributed by atoms with E-state index in [4.69, 9.17) is 4.42 Å². The third kappa shape index (κ3) is 4.70. The summed E-state index contributed by atoms with van der Waals surface area (Å²) >= 11 is 0. The van der Waals surface area contributed by atoms with E-state index in [1.165, 1.54) is 6.26 Å². The molecular weight excluding hydrogens is 342 g/mol. The molecule has 0 atom stereocenters. The molecule has 27 heavy (non-hydrogen) atoms. The van der Waals surface area contributed by atoms with Gasteiger partial charge in [0, 0.05) is 11.1 Å². The third-order valence-electron chi connectivity index (χ3n) is 3.90. The van der Waals surface area contributed by atoms with E-state index in [0.717, 1.165) is 11.1 Å². The van der Waals surface area contributed by atoms with Crippen molar-refractivity contribution in [3.63, 3.8) is 0 Å². The fourth-order valence-electron chi connectivity index (χ4n) is 2.52. The lowest BCUT2D eigenvalue weighted by Crippen LogP contribution is -2.35. The predicted octanol–water partition coefficient (Wildman–Crippen LogP) is 2.89. The van der Waals surface area contributed by atoms with Crippen LogP contribution < -0.4 is 10.7 Å². The van der Waals surface area contributed by atoms with E-state index in [9.17, 15) is 9.59 Å². The first kappa shape index (κ1) is 18.1. The summed E-state index contributed by atoms with van der Waals surface area (Å²) in [6.45, 7) is 1.50. The topological polar surface area (TPSA) is 83.7 Å². The van der Waals surface area contributed by atoms with Gasteiger partial charge in [-0.05, 0) is 13.0 Å². The van der Waals surface area contributed by atoms with Crippen LogP contribution >= 0.6 is 0 Å². The van der Waals surface area contributed by atoms with Crippen LogP contribution in [0.25, 0.3) is 0 Å². The summed E-state index contributed by atoms with van der Waals surface area (Å²) < 4.78 is 5.09. The molecule has 6 heteroatoms. The van der Waals surface area contributed by atoms with Crippen LogP contribution in [0.3, 0.4) is 0 Å². The average molecular weight is 361 g/mol. The second-order valence-corrected chi connectivity index (χ2v) is 5.80. The molecule has 6 nitrogen and oxygen atoms in total. The molecule has 0 saturated heterocycles. The number of rotatable bonds is 6. The fourth-order valence-corrected chi connectivity index (χ4v) is 2.52. The lowest BCUT2D eigenvalue weighted by Gasteiger charge is -2.08. The van der Waals surface area contributed by atoms with Gasteiger partial charge in [0.15, 0.2) is 0 Å². The van der Waals surface area contributed by atoms with Crippen LogP contribution in [0.4, 0.5) is 0 Å². The van der Waals surface area contributed by atoms with Gasteiger partial charge >= 0.3 is 0 Å². The molecule has 0 aliphatic heterocycles. The number of nitrogens with zero attached hydrogens (tertiary/aromatic N) is 1. The van der Waals surface area contributed by atoms with Gasteiger partial charge in [0.1, 0.15) is 5.76 Å². The number of hydrogen-bond donors (Lipinski definition) is 2. The zero-order valence-electron chi connectivity index (χ0n) is 14.8. The Morgan fingerprint density at radius 1 is 0.926 bits per heavy atom. The Balaban J connectivity index is 1.68. The maximum Gasteiger partial charge on any atom is 0.259 e. The summed E-state index contributed by atoms with van der Waals surface area (Å²) in [6, 6.07) is 20.7. The minimum absolute atomic E-state index is 0.191. The molecular formula is C21H19N3O3. The summed E-state index contributed by atoms with van der Waals surface area (Å²) in [6.07, 6.45) is 1.43.